The summed E-state index contributed by atoms with van der Waals surface area (Å²) in [6.45, 7) is 4.15. The maximum Gasteiger partial charge on any atom is 0.341 e. The zero-order valence-electron chi connectivity index (χ0n) is 15.8. The SMILES string of the molecule is COC(=O)c1c(NC(=O)CNC23CC4CC(CC(C4)C2)C3)sc(C)c1C. The fourth-order valence-electron chi connectivity index (χ4n) is 5.83. The van der Waals surface area contributed by atoms with Crippen molar-refractivity contribution in [1.82, 2.24) is 5.32 Å². The standard InChI is InChI=1S/C20H28N2O3S/c1-11-12(2)26-18(17(11)19(24)25-3)22-16(23)10-21-20-7-13-4-14(8-20)6-15(5-13)9-20/h13-15,21H,4-10H2,1-3H3,(H,22,23). The number of methoxy groups -OCH3 is 1. The molecule has 26 heavy (non-hydrogen) atoms. The van der Waals surface area contributed by atoms with Crippen LogP contribution in [0.25, 0.3) is 0 Å². The van der Waals surface area contributed by atoms with Crippen LogP contribution in [-0.4, -0.2) is 31.1 Å². The fourth-order valence-corrected chi connectivity index (χ4v) is 6.89. The van der Waals surface area contributed by atoms with Crippen molar-refractivity contribution >= 4 is 28.2 Å². The van der Waals surface area contributed by atoms with E-state index >= 15 is 0 Å². The van der Waals surface area contributed by atoms with E-state index in [1.165, 1.54) is 57.0 Å². The highest BCUT2D eigenvalue weighted by Gasteiger charge is 2.50. The lowest BCUT2D eigenvalue weighted by Gasteiger charge is -2.57. The average Bonchev–Trinajstić information content (AvgIpc) is 2.85. The number of anilines is 1. The molecule has 4 bridgehead atoms. The van der Waals surface area contributed by atoms with Gasteiger partial charge in [-0.25, -0.2) is 4.79 Å². The third-order valence-corrected chi connectivity index (χ3v) is 7.81. The Labute approximate surface area is 158 Å². The summed E-state index contributed by atoms with van der Waals surface area (Å²) in [5.41, 5.74) is 1.53. The Kier molecular flexibility index (Phi) is 4.59. The van der Waals surface area contributed by atoms with Gasteiger partial charge in [0.05, 0.1) is 19.2 Å². The highest BCUT2D eigenvalue weighted by atomic mass is 32.1. The molecule has 0 aromatic carbocycles. The van der Waals surface area contributed by atoms with Crippen molar-refractivity contribution in [3.8, 4) is 0 Å². The van der Waals surface area contributed by atoms with Gasteiger partial charge in [0, 0.05) is 10.4 Å². The van der Waals surface area contributed by atoms with Gasteiger partial charge in [0.1, 0.15) is 5.00 Å². The molecule has 1 amide bonds. The molecule has 1 heterocycles. The molecule has 5 nitrogen and oxygen atoms in total. The van der Waals surface area contributed by atoms with Gasteiger partial charge in [-0.15, -0.1) is 11.3 Å². The first kappa shape index (κ1) is 18.0. The first-order valence-electron chi connectivity index (χ1n) is 9.62. The van der Waals surface area contributed by atoms with Crippen LogP contribution in [0.4, 0.5) is 5.00 Å². The van der Waals surface area contributed by atoms with Crippen molar-refractivity contribution in [3.63, 3.8) is 0 Å². The van der Waals surface area contributed by atoms with Gasteiger partial charge in [-0.3, -0.25) is 4.79 Å². The van der Waals surface area contributed by atoms with E-state index in [1.807, 2.05) is 13.8 Å². The lowest BCUT2D eigenvalue weighted by molar-refractivity contribution is -0.116. The minimum Gasteiger partial charge on any atom is -0.465 e. The van der Waals surface area contributed by atoms with Gasteiger partial charge in [-0.2, -0.15) is 0 Å². The predicted octanol–water partition coefficient (Wildman–Crippen LogP) is 3.65. The van der Waals surface area contributed by atoms with E-state index in [0.29, 0.717) is 17.1 Å². The third kappa shape index (κ3) is 3.18. The Bertz CT molecular complexity index is 704. The van der Waals surface area contributed by atoms with Crippen molar-refractivity contribution < 1.29 is 14.3 Å². The summed E-state index contributed by atoms with van der Waals surface area (Å²) in [4.78, 5) is 25.6. The summed E-state index contributed by atoms with van der Waals surface area (Å²) >= 11 is 1.44. The zero-order chi connectivity index (χ0) is 18.5. The zero-order valence-corrected chi connectivity index (χ0v) is 16.6. The molecule has 4 fully saturated rings. The predicted molar refractivity (Wildman–Crippen MR) is 103 cm³/mol. The maximum absolute atomic E-state index is 12.6. The first-order chi connectivity index (χ1) is 12.4. The minimum atomic E-state index is -0.392. The highest BCUT2D eigenvalue weighted by Crippen LogP contribution is 2.55. The molecular weight excluding hydrogens is 348 g/mol. The second kappa shape index (κ2) is 6.64. The third-order valence-electron chi connectivity index (χ3n) is 6.69. The molecule has 4 aliphatic rings. The number of carbonyl (C=O) groups excluding carboxylic acids is 2. The van der Waals surface area contributed by atoms with Crippen LogP contribution in [0, 0.1) is 31.6 Å². The van der Waals surface area contributed by atoms with E-state index in [0.717, 1.165) is 28.2 Å². The molecule has 0 atom stereocenters. The van der Waals surface area contributed by atoms with Crippen LogP contribution < -0.4 is 10.6 Å². The van der Waals surface area contributed by atoms with Crippen LogP contribution in [0.1, 0.15) is 59.3 Å². The summed E-state index contributed by atoms with van der Waals surface area (Å²) in [7, 11) is 1.37. The van der Waals surface area contributed by atoms with E-state index in [9.17, 15) is 9.59 Å². The molecule has 4 aliphatic carbocycles. The molecule has 1 aromatic heterocycles. The molecule has 6 heteroatoms. The molecule has 0 radical (unpaired) electrons. The van der Waals surface area contributed by atoms with Crippen LogP contribution in [0.3, 0.4) is 0 Å². The van der Waals surface area contributed by atoms with Gasteiger partial charge in [0.25, 0.3) is 0 Å². The number of esters is 1. The molecule has 5 rings (SSSR count). The molecule has 0 unspecified atom stereocenters. The number of amides is 1. The second-order valence-electron chi connectivity index (χ2n) is 8.58. The van der Waals surface area contributed by atoms with Crippen LogP contribution >= 0.6 is 11.3 Å². The number of thiophene rings is 1. The van der Waals surface area contributed by atoms with Crippen LogP contribution in [0.15, 0.2) is 0 Å². The lowest BCUT2D eigenvalue weighted by atomic mass is 9.53. The smallest absolute Gasteiger partial charge is 0.341 e. The Morgan fingerprint density at radius 1 is 1.12 bits per heavy atom. The number of hydrogen-bond donors (Lipinski definition) is 2. The van der Waals surface area contributed by atoms with Crippen molar-refractivity contribution in [1.29, 1.82) is 0 Å². The Balaban J connectivity index is 1.41. The van der Waals surface area contributed by atoms with Crippen molar-refractivity contribution in [2.24, 2.45) is 17.8 Å². The maximum atomic E-state index is 12.6. The minimum absolute atomic E-state index is 0.0767. The van der Waals surface area contributed by atoms with E-state index < -0.39 is 5.97 Å². The number of ether oxygens (including phenoxy) is 1. The van der Waals surface area contributed by atoms with Crippen molar-refractivity contribution in [2.45, 2.75) is 57.9 Å². The molecular formula is C20H28N2O3S. The van der Waals surface area contributed by atoms with Crippen LogP contribution in [0.5, 0.6) is 0 Å². The van der Waals surface area contributed by atoms with E-state index in [4.69, 9.17) is 4.74 Å². The van der Waals surface area contributed by atoms with Gasteiger partial charge >= 0.3 is 5.97 Å². The van der Waals surface area contributed by atoms with Gasteiger partial charge in [-0.1, -0.05) is 0 Å². The molecule has 1 aromatic rings. The lowest BCUT2D eigenvalue weighted by Crippen LogP contribution is -2.59. The van der Waals surface area contributed by atoms with Crippen LogP contribution in [0.2, 0.25) is 0 Å². The quantitative estimate of drug-likeness (QED) is 0.770. The molecule has 2 N–H and O–H groups in total. The van der Waals surface area contributed by atoms with Crippen LogP contribution in [-0.2, 0) is 9.53 Å². The fraction of sp³-hybridized carbons (Fsp3) is 0.700. The van der Waals surface area contributed by atoms with Gasteiger partial charge in [0.2, 0.25) is 5.91 Å². The normalized spacial score (nSPS) is 31.9. The Morgan fingerprint density at radius 3 is 2.23 bits per heavy atom. The van der Waals surface area contributed by atoms with Gasteiger partial charge in [0.15, 0.2) is 0 Å². The molecule has 4 saturated carbocycles. The number of rotatable bonds is 5. The largest absolute Gasteiger partial charge is 0.465 e. The summed E-state index contributed by atoms with van der Waals surface area (Å²) < 4.78 is 4.88. The monoisotopic (exact) mass is 376 g/mol. The van der Waals surface area contributed by atoms with E-state index in [1.54, 1.807) is 0 Å². The van der Waals surface area contributed by atoms with Gasteiger partial charge < -0.3 is 15.4 Å². The Hall–Kier alpha value is -1.40. The second-order valence-corrected chi connectivity index (χ2v) is 9.80. The van der Waals surface area contributed by atoms with E-state index in [-0.39, 0.29) is 11.4 Å². The molecule has 0 saturated heterocycles. The molecule has 142 valence electrons. The summed E-state index contributed by atoms with van der Waals surface area (Å²) in [5.74, 6) is 2.09. The first-order valence-corrected chi connectivity index (χ1v) is 10.4. The van der Waals surface area contributed by atoms with Crippen molar-refractivity contribution in [2.75, 3.05) is 19.0 Å². The molecule has 0 aliphatic heterocycles. The van der Waals surface area contributed by atoms with Gasteiger partial charge in [-0.05, 0) is 75.7 Å². The number of nitrogens with one attached hydrogen (secondary N) is 2. The average molecular weight is 377 g/mol. The summed E-state index contributed by atoms with van der Waals surface area (Å²) in [6.07, 6.45) is 7.83. The van der Waals surface area contributed by atoms with E-state index in [2.05, 4.69) is 10.6 Å². The Morgan fingerprint density at radius 2 is 1.69 bits per heavy atom. The van der Waals surface area contributed by atoms with Crippen molar-refractivity contribution in [3.05, 3.63) is 16.0 Å². The number of aryl methyl sites for hydroxylation is 1. The topological polar surface area (TPSA) is 67.4 Å². The molecule has 0 spiro atoms. The number of carbonyl (C=O) groups is 2. The summed E-state index contributed by atoms with van der Waals surface area (Å²) in [6, 6.07) is 0. The highest BCUT2D eigenvalue weighted by molar-refractivity contribution is 7.16. The summed E-state index contributed by atoms with van der Waals surface area (Å²) in [5, 5.41) is 7.15. The number of hydrogen-bond acceptors (Lipinski definition) is 5.